The third-order valence-electron chi connectivity index (χ3n) is 3.56. The van der Waals surface area contributed by atoms with Crippen molar-refractivity contribution in [1.29, 1.82) is 0 Å². The first kappa shape index (κ1) is 15.7. The van der Waals surface area contributed by atoms with E-state index in [0.29, 0.717) is 0 Å². The van der Waals surface area contributed by atoms with Crippen molar-refractivity contribution in [1.82, 2.24) is 10.2 Å². The molecule has 0 atom stereocenters. The van der Waals surface area contributed by atoms with Crippen LogP contribution < -0.4 is 5.32 Å². The van der Waals surface area contributed by atoms with E-state index in [1.54, 1.807) is 0 Å². The second-order valence-corrected chi connectivity index (χ2v) is 5.76. The summed E-state index contributed by atoms with van der Waals surface area (Å²) in [6.45, 7) is 8.21. The Morgan fingerprint density at radius 3 is 2.19 bits per heavy atom. The fourth-order valence-corrected chi connectivity index (χ4v) is 2.60. The topological polar surface area (TPSA) is 15.3 Å². The van der Waals surface area contributed by atoms with Gasteiger partial charge in [-0.05, 0) is 37.2 Å². The van der Waals surface area contributed by atoms with Gasteiger partial charge in [0.05, 0.1) is 0 Å². The van der Waals surface area contributed by atoms with Gasteiger partial charge in [-0.3, -0.25) is 4.90 Å². The van der Waals surface area contributed by atoms with Crippen molar-refractivity contribution in [2.75, 3.05) is 13.6 Å². The zero-order valence-electron chi connectivity index (χ0n) is 13.4. The molecule has 2 aromatic carbocycles. The number of aryl methyl sites for hydroxylation is 1. The van der Waals surface area contributed by atoms with Crippen LogP contribution in [0.3, 0.4) is 0 Å². The Kier molecular flexibility index (Phi) is 5.97. The molecule has 2 rings (SSSR count). The quantitative estimate of drug-likeness (QED) is 0.832. The van der Waals surface area contributed by atoms with Crippen LogP contribution in [0.1, 0.15) is 29.2 Å². The van der Waals surface area contributed by atoms with Crippen LogP contribution in [0.25, 0.3) is 0 Å². The predicted molar refractivity (Wildman–Crippen MR) is 90.2 cm³/mol. The van der Waals surface area contributed by atoms with Gasteiger partial charge in [-0.1, -0.05) is 61.0 Å². The van der Waals surface area contributed by atoms with Crippen LogP contribution in [0, 0.1) is 6.92 Å². The molecule has 2 heteroatoms. The molecule has 0 heterocycles. The molecular weight excluding hydrogens is 256 g/mol. The van der Waals surface area contributed by atoms with Gasteiger partial charge in [0, 0.05) is 19.6 Å². The van der Waals surface area contributed by atoms with Crippen molar-refractivity contribution < 1.29 is 0 Å². The third-order valence-corrected chi connectivity index (χ3v) is 3.56. The normalized spacial score (nSPS) is 11.0. The average molecular weight is 282 g/mol. The highest BCUT2D eigenvalue weighted by atomic mass is 15.1. The van der Waals surface area contributed by atoms with Crippen molar-refractivity contribution in [3.05, 3.63) is 70.8 Å². The zero-order chi connectivity index (χ0) is 15.1. The molecule has 0 aliphatic rings. The molecular formula is C19H26N2. The molecule has 0 saturated carbocycles. The molecule has 0 aliphatic carbocycles. The van der Waals surface area contributed by atoms with Gasteiger partial charge in [-0.25, -0.2) is 0 Å². The first-order chi connectivity index (χ1) is 10.2. The van der Waals surface area contributed by atoms with Gasteiger partial charge in [0.25, 0.3) is 0 Å². The Bertz CT molecular complexity index is 563. The summed E-state index contributed by atoms with van der Waals surface area (Å²) in [6.07, 6.45) is 0. The highest BCUT2D eigenvalue weighted by molar-refractivity contribution is 5.24. The summed E-state index contributed by atoms with van der Waals surface area (Å²) in [7, 11) is 2.18. The minimum Gasteiger partial charge on any atom is -0.313 e. The van der Waals surface area contributed by atoms with E-state index in [2.05, 4.69) is 79.6 Å². The summed E-state index contributed by atoms with van der Waals surface area (Å²) in [4.78, 5) is 2.36. The number of hydrogen-bond acceptors (Lipinski definition) is 2. The van der Waals surface area contributed by atoms with Gasteiger partial charge in [-0.15, -0.1) is 0 Å². The maximum atomic E-state index is 3.38. The molecule has 112 valence electrons. The van der Waals surface area contributed by atoms with E-state index < -0.39 is 0 Å². The second kappa shape index (κ2) is 7.96. The first-order valence-corrected chi connectivity index (χ1v) is 7.70. The number of nitrogens with zero attached hydrogens (tertiary/aromatic N) is 1. The van der Waals surface area contributed by atoms with Gasteiger partial charge in [0.2, 0.25) is 0 Å². The van der Waals surface area contributed by atoms with Crippen molar-refractivity contribution in [3.8, 4) is 0 Å². The van der Waals surface area contributed by atoms with Gasteiger partial charge >= 0.3 is 0 Å². The third kappa shape index (κ3) is 5.33. The summed E-state index contributed by atoms with van der Waals surface area (Å²) in [5.41, 5.74) is 5.44. The number of benzene rings is 2. The lowest BCUT2D eigenvalue weighted by atomic mass is 10.1. The molecule has 0 spiro atoms. The largest absolute Gasteiger partial charge is 0.313 e. The Hall–Kier alpha value is -1.64. The van der Waals surface area contributed by atoms with Gasteiger partial charge in [-0.2, -0.15) is 0 Å². The fraction of sp³-hybridized carbons (Fsp3) is 0.368. The summed E-state index contributed by atoms with van der Waals surface area (Å²) in [5.74, 6) is 0. The van der Waals surface area contributed by atoms with Crippen LogP contribution in [-0.2, 0) is 19.6 Å². The van der Waals surface area contributed by atoms with Crippen LogP contribution in [0.5, 0.6) is 0 Å². The van der Waals surface area contributed by atoms with Crippen LogP contribution in [0.15, 0.2) is 48.5 Å². The Morgan fingerprint density at radius 1 is 0.905 bits per heavy atom. The number of hydrogen-bond donors (Lipinski definition) is 1. The van der Waals surface area contributed by atoms with Gasteiger partial charge in [0.15, 0.2) is 0 Å². The summed E-state index contributed by atoms with van der Waals surface area (Å²) in [6, 6.07) is 17.6. The lowest BCUT2D eigenvalue weighted by molar-refractivity contribution is 0.319. The van der Waals surface area contributed by atoms with Crippen LogP contribution in [0.2, 0.25) is 0 Å². The minimum absolute atomic E-state index is 0.950. The second-order valence-electron chi connectivity index (χ2n) is 5.76. The van der Waals surface area contributed by atoms with Crippen LogP contribution in [-0.4, -0.2) is 18.5 Å². The van der Waals surface area contributed by atoms with Gasteiger partial charge < -0.3 is 5.32 Å². The van der Waals surface area contributed by atoms with E-state index >= 15 is 0 Å². The van der Waals surface area contributed by atoms with Gasteiger partial charge in [0.1, 0.15) is 0 Å². The molecule has 21 heavy (non-hydrogen) atoms. The molecule has 0 fully saturated rings. The molecule has 0 saturated heterocycles. The first-order valence-electron chi connectivity index (χ1n) is 7.70. The summed E-state index contributed by atoms with van der Waals surface area (Å²) >= 11 is 0. The fourth-order valence-electron chi connectivity index (χ4n) is 2.60. The van der Waals surface area contributed by atoms with E-state index in [9.17, 15) is 0 Å². The zero-order valence-corrected chi connectivity index (χ0v) is 13.4. The molecule has 0 aliphatic heterocycles. The smallest absolute Gasteiger partial charge is 0.0234 e. The molecule has 2 aromatic rings. The van der Waals surface area contributed by atoms with E-state index in [1.807, 2.05) is 0 Å². The Morgan fingerprint density at radius 2 is 1.52 bits per heavy atom. The lowest BCUT2D eigenvalue weighted by Crippen LogP contribution is -2.17. The van der Waals surface area contributed by atoms with Crippen molar-refractivity contribution >= 4 is 0 Å². The van der Waals surface area contributed by atoms with E-state index in [1.165, 1.54) is 22.3 Å². The Labute approximate surface area is 128 Å². The van der Waals surface area contributed by atoms with Crippen LogP contribution >= 0.6 is 0 Å². The molecule has 2 nitrogen and oxygen atoms in total. The molecule has 0 amide bonds. The molecule has 0 aromatic heterocycles. The summed E-state index contributed by atoms with van der Waals surface area (Å²) < 4.78 is 0. The number of rotatable bonds is 7. The minimum atomic E-state index is 0.950. The molecule has 0 unspecified atom stereocenters. The van der Waals surface area contributed by atoms with E-state index in [-0.39, 0.29) is 0 Å². The van der Waals surface area contributed by atoms with Crippen molar-refractivity contribution in [2.24, 2.45) is 0 Å². The maximum absolute atomic E-state index is 3.38. The lowest BCUT2D eigenvalue weighted by Gasteiger charge is -2.17. The average Bonchev–Trinajstić information content (AvgIpc) is 2.45. The number of nitrogens with one attached hydrogen (secondary N) is 1. The molecule has 1 N–H and O–H groups in total. The predicted octanol–water partition coefficient (Wildman–Crippen LogP) is 3.74. The van der Waals surface area contributed by atoms with Crippen LogP contribution in [0.4, 0.5) is 0 Å². The standard InChI is InChI=1S/C19H26N2/c1-4-20-13-17-8-6-10-19(12-17)15-21(3)14-18-9-5-7-16(2)11-18/h5-12,20H,4,13-15H2,1-3H3. The van der Waals surface area contributed by atoms with E-state index in [4.69, 9.17) is 0 Å². The Balaban J connectivity index is 1.94. The molecule has 0 bridgehead atoms. The van der Waals surface area contributed by atoms with Crippen molar-refractivity contribution in [2.45, 2.75) is 33.5 Å². The van der Waals surface area contributed by atoms with Crippen molar-refractivity contribution in [3.63, 3.8) is 0 Å². The monoisotopic (exact) mass is 282 g/mol. The summed E-state index contributed by atoms with van der Waals surface area (Å²) in [5, 5.41) is 3.38. The van der Waals surface area contributed by atoms with E-state index in [0.717, 1.165) is 26.2 Å². The maximum Gasteiger partial charge on any atom is 0.0234 e. The SMILES string of the molecule is CCNCc1cccc(CN(C)Cc2cccc(C)c2)c1. The highest BCUT2D eigenvalue weighted by Gasteiger charge is 2.03. The highest BCUT2D eigenvalue weighted by Crippen LogP contribution is 2.11. The molecule has 0 radical (unpaired) electrons.